The van der Waals surface area contributed by atoms with Gasteiger partial charge in [0.15, 0.2) is 0 Å². The van der Waals surface area contributed by atoms with Crippen LogP contribution < -0.4 is 0 Å². The van der Waals surface area contributed by atoms with E-state index in [1.165, 1.54) is 38.9 Å². The molecule has 0 N–H and O–H groups in total. The minimum absolute atomic E-state index is 0.0369. The van der Waals surface area contributed by atoms with Gasteiger partial charge in [-0.15, -0.1) is 0 Å². The van der Waals surface area contributed by atoms with Gasteiger partial charge in [-0.3, -0.25) is 4.99 Å². The van der Waals surface area contributed by atoms with Gasteiger partial charge in [-0.1, -0.05) is 109 Å². The highest BCUT2D eigenvalue weighted by atomic mass is 15.3. The summed E-state index contributed by atoms with van der Waals surface area (Å²) in [7, 11) is 0. The maximum Gasteiger partial charge on any atom is 0.132 e. The molecule has 0 bridgehead atoms. The molecular weight excluding hydrogens is 400 g/mol. The first kappa shape index (κ1) is 21.2. The van der Waals surface area contributed by atoms with Crippen LogP contribution in [0.25, 0.3) is 0 Å². The van der Waals surface area contributed by atoms with E-state index in [2.05, 4.69) is 129 Å². The average Bonchev–Trinajstić information content (AvgIpc) is 3.22. The summed E-state index contributed by atoms with van der Waals surface area (Å²) in [6, 6.07) is 37.0. The molecule has 0 amide bonds. The van der Waals surface area contributed by atoms with Crippen molar-refractivity contribution in [3.05, 3.63) is 142 Å². The zero-order valence-electron chi connectivity index (χ0n) is 19.6. The number of hydrogen-bond donors (Lipinski definition) is 0. The van der Waals surface area contributed by atoms with Crippen molar-refractivity contribution < 1.29 is 0 Å². The summed E-state index contributed by atoms with van der Waals surface area (Å²) in [4.78, 5) is 7.90. The topological polar surface area (TPSA) is 15.6 Å². The van der Waals surface area contributed by atoms with E-state index in [1.54, 1.807) is 0 Å². The third-order valence-corrected chi connectivity index (χ3v) is 6.65. The lowest BCUT2D eigenvalue weighted by molar-refractivity contribution is 0.303. The normalized spacial score (nSPS) is 17.8. The molecule has 2 heteroatoms. The molecule has 1 aliphatic rings. The third-order valence-electron chi connectivity index (χ3n) is 6.65. The Morgan fingerprint density at radius 2 is 1.18 bits per heavy atom. The molecular formula is C31H30N2. The average molecular weight is 431 g/mol. The zero-order valence-corrected chi connectivity index (χ0v) is 19.6. The van der Waals surface area contributed by atoms with Crippen molar-refractivity contribution in [3.8, 4) is 0 Å². The molecule has 0 spiro atoms. The Labute approximate surface area is 197 Å². The van der Waals surface area contributed by atoms with Gasteiger partial charge >= 0.3 is 0 Å². The van der Waals surface area contributed by atoms with E-state index in [0.717, 1.165) is 12.4 Å². The molecule has 0 saturated heterocycles. The highest BCUT2D eigenvalue weighted by Gasteiger charge is 2.38. The van der Waals surface area contributed by atoms with Crippen LogP contribution in [0.3, 0.4) is 0 Å². The van der Waals surface area contributed by atoms with Gasteiger partial charge in [-0.25, -0.2) is 0 Å². The van der Waals surface area contributed by atoms with Crippen LogP contribution in [0.5, 0.6) is 0 Å². The first-order chi connectivity index (χ1) is 16.1. The van der Waals surface area contributed by atoms with Crippen LogP contribution in [0.4, 0.5) is 0 Å². The fraction of sp³-hybridized carbons (Fsp3) is 0.194. The van der Waals surface area contributed by atoms with Crippen molar-refractivity contribution in [1.29, 1.82) is 0 Å². The lowest BCUT2D eigenvalue weighted by atomic mass is 9.92. The minimum Gasteiger partial charge on any atom is -0.342 e. The summed E-state index contributed by atoms with van der Waals surface area (Å²) in [5.74, 6) is 1.07. The fourth-order valence-electron chi connectivity index (χ4n) is 5.13. The molecule has 5 rings (SSSR count). The van der Waals surface area contributed by atoms with Crippen molar-refractivity contribution in [2.45, 2.75) is 39.4 Å². The Balaban J connectivity index is 1.67. The maximum atomic E-state index is 5.38. The van der Waals surface area contributed by atoms with Crippen molar-refractivity contribution in [2.24, 2.45) is 4.99 Å². The number of aliphatic imine (C=N–C) groups is 1. The van der Waals surface area contributed by atoms with Gasteiger partial charge in [0.1, 0.15) is 11.9 Å². The highest BCUT2D eigenvalue weighted by molar-refractivity contribution is 6.00. The van der Waals surface area contributed by atoms with Crippen molar-refractivity contribution in [1.82, 2.24) is 4.90 Å². The van der Waals surface area contributed by atoms with Crippen molar-refractivity contribution in [2.75, 3.05) is 0 Å². The Hall–Kier alpha value is -3.65. The second-order valence-corrected chi connectivity index (χ2v) is 9.03. The van der Waals surface area contributed by atoms with Gasteiger partial charge in [0.05, 0.1) is 6.04 Å². The Morgan fingerprint density at radius 3 is 1.76 bits per heavy atom. The van der Waals surface area contributed by atoms with Crippen LogP contribution in [0, 0.1) is 20.8 Å². The number of benzene rings is 4. The van der Waals surface area contributed by atoms with Gasteiger partial charge in [0, 0.05) is 12.1 Å². The van der Waals surface area contributed by atoms with E-state index >= 15 is 0 Å². The second-order valence-electron chi connectivity index (χ2n) is 9.03. The standard InChI is InChI=1S/C31H30N2/c1-22-19-23(2)28(24(3)20-22)21-33-30(26-15-9-5-10-16-26)29(25-13-7-4-8-14-25)32-31(33)27-17-11-6-12-18-27/h4-20,29-30H,21H2,1-3H3/t29-,30-/m0/s1. The molecule has 0 radical (unpaired) electrons. The fourth-order valence-corrected chi connectivity index (χ4v) is 5.13. The van der Waals surface area contributed by atoms with Gasteiger partial charge < -0.3 is 4.90 Å². The summed E-state index contributed by atoms with van der Waals surface area (Å²) < 4.78 is 0. The van der Waals surface area contributed by atoms with Crippen LogP contribution in [-0.2, 0) is 6.54 Å². The molecule has 0 aromatic heterocycles. The Kier molecular flexibility index (Phi) is 5.83. The van der Waals surface area contributed by atoms with E-state index in [4.69, 9.17) is 4.99 Å². The number of amidine groups is 1. The quantitative estimate of drug-likeness (QED) is 0.323. The van der Waals surface area contributed by atoms with Gasteiger partial charge in [-0.05, 0) is 48.6 Å². The van der Waals surface area contributed by atoms with Gasteiger partial charge in [0.2, 0.25) is 0 Å². The molecule has 4 aromatic carbocycles. The molecule has 2 nitrogen and oxygen atoms in total. The lowest BCUT2D eigenvalue weighted by Crippen LogP contribution is -2.32. The van der Waals surface area contributed by atoms with Crippen molar-refractivity contribution >= 4 is 5.84 Å². The monoisotopic (exact) mass is 430 g/mol. The Bertz CT molecular complexity index is 1240. The van der Waals surface area contributed by atoms with Crippen LogP contribution >= 0.6 is 0 Å². The van der Waals surface area contributed by atoms with E-state index in [0.29, 0.717) is 0 Å². The molecule has 0 aliphatic carbocycles. The smallest absolute Gasteiger partial charge is 0.132 e. The summed E-state index contributed by atoms with van der Waals surface area (Å²) in [6.45, 7) is 7.47. The summed E-state index contributed by atoms with van der Waals surface area (Å²) >= 11 is 0. The predicted octanol–water partition coefficient (Wildman–Crippen LogP) is 7.36. The number of aryl methyl sites for hydroxylation is 3. The van der Waals surface area contributed by atoms with Crippen LogP contribution in [0.15, 0.2) is 108 Å². The van der Waals surface area contributed by atoms with Crippen molar-refractivity contribution in [3.63, 3.8) is 0 Å². The molecule has 2 atom stereocenters. The third kappa shape index (κ3) is 4.21. The zero-order chi connectivity index (χ0) is 22.8. The maximum absolute atomic E-state index is 5.38. The molecule has 4 aromatic rings. The van der Waals surface area contributed by atoms with E-state index in [1.807, 2.05) is 0 Å². The van der Waals surface area contributed by atoms with Crippen LogP contribution in [0.2, 0.25) is 0 Å². The number of hydrogen-bond acceptors (Lipinski definition) is 2. The summed E-state index contributed by atoms with van der Waals surface area (Å²) in [6.07, 6.45) is 0. The predicted molar refractivity (Wildman–Crippen MR) is 138 cm³/mol. The van der Waals surface area contributed by atoms with E-state index in [9.17, 15) is 0 Å². The molecule has 164 valence electrons. The molecule has 0 fully saturated rings. The molecule has 1 aliphatic heterocycles. The Morgan fingerprint density at radius 1 is 0.667 bits per heavy atom. The molecule has 33 heavy (non-hydrogen) atoms. The van der Waals surface area contributed by atoms with Gasteiger partial charge in [-0.2, -0.15) is 0 Å². The lowest BCUT2D eigenvalue weighted by Gasteiger charge is -2.32. The first-order valence-electron chi connectivity index (χ1n) is 11.7. The van der Waals surface area contributed by atoms with Gasteiger partial charge in [0.25, 0.3) is 0 Å². The largest absolute Gasteiger partial charge is 0.342 e. The second kappa shape index (κ2) is 9.07. The number of nitrogens with zero attached hydrogens (tertiary/aromatic N) is 2. The summed E-state index contributed by atoms with van der Waals surface area (Å²) in [5.41, 5.74) is 9.10. The SMILES string of the molecule is Cc1cc(C)c(CN2C(c3ccccc3)=N[C@@H](c3ccccc3)[C@@H]2c2ccccc2)c(C)c1. The number of rotatable bonds is 5. The van der Waals surface area contributed by atoms with Crippen LogP contribution in [-0.4, -0.2) is 10.7 Å². The van der Waals surface area contributed by atoms with Crippen LogP contribution in [0.1, 0.15) is 51.0 Å². The highest BCUT2D eigenvalue weighted by Crippen LogP contribution is 2.44. The van der Waals surface area contributed by atoms with E-state index in [-0.39, 0.29) is 12.1 Å². The first-order valence-corrected chi connectivity index (χ1v) is 11.7. The minimum atomic E-state index is 0.0369. The molecule has 0 unspecified atom stereocenters. The molecule has 0 saturated carbocycles. The summed E-state index contributed by atoms with van der Waals surface area (Å²) in [5, 5.41) is 0. The van der Waals surface area contributed by atoms with E-state index < -0.39 is 0 Å². The molecule has 1 heterocycles.